The molecule has 1 aliphatic heterocycles. The first-order chi connectivity index (χ1) is 9.79. The second kappa shape index (κ2) is 6.48. The molecule has 3 nitrogen and oxygen atoms in total. The van der Waals surface area contributed by atoms with Gasteiger partial charge >= 0.3 is 0 Å². The van der Waals surface area contributed by atoms with Crippen LogP contribution in [-0.2, 0) is 13.1 Å². The normalized spacial score (nSPS) is 19.6. The van der Waals surface area contributed by atoms with Crippen LogP contribution in [0.25, 0.3) is 0 Å². The maximum Gasteiger partial charge on any atom is 0.0897 e. The first kappa shape index (κ1) is 13.7. The number of likely N-dealkylation sites (tertiary alicyclic amines) is 1. The molecule has 1 N–H and O–H groups in total. The molecule has 1 saturated heterocycles. The average molecular weight is 287 g/mol. The topological polar surface area (TPSA) is 28.2 Å². The minimum absolute atomic E-state index is 0.598. The number of thiazole rings is 1. The minimum Gasteiger partial charge on any atom is -0.307 e. The second-order valence-corrected chi connectivity index (χ2v) is 6.51. The molecule has 0 saturated carbocycles. The van der Waals surface area contributed by atoms with Gasteiger partial charge in [-0.15, -0.1) is 11.3 Å². The van der Waals surface area contributed by atoms with E-state index in [0.29, 0.717) is 6.04 Å². The summed E-state index contributed by atoms with van der Waals surface area (Å²) in [6.45, 7) is 6.34. The molecule has 0 amide bonds. The van der Waals surface area contributed by atoms with E-state index in [2.05, 4.69) is 57.8 Å². The van der Waals surface area contributed by atoms with E-state index >= 15 is 0 Å². The maximum atomic E-state index is 4.50. The average Bonchev–Trinajstić information content (AvgIpc) is 3.07. The molecule has 4 heteroatoms. The molecular formula is C16H21N3S. The Hall–Kier alpha value is -1.23. The van der Waals surface area contributed by atoms with E-state index in [4.69, 9.17) is 0 Å². The van der Waals surface area contributed by atoms with Crippen molar-refractivity contribution in [2.75, 3.05) is 13.1 Å². The first-order valence-corrected chi connectivity index (χ1v) is 8.08. The third kappa shape index (κ3) is 3.66. The van der Waals surface area contributed by atoms with Crippen LogP contribution in [0.4, 0.5) is 0 Å². The third-order valence-electron chi connectivity index (χ3n) is 3.76. The van der Waals surface area contributed by atoms with Gasteiger partial charge in [0.15, 0.2) is 0 Å². The standard InChI is InChI=1S/C16H21N3S/c1-13-18-16(12-20-13)9-17-15-7-8-19(11-15)10-14-5-3-2-4-6-14/h2-6,12,15,17H,7-11H2,1H3. The van der Waals surface area contributed by atoms with Crippen LogP contribution in [-0.4, -0.2) is 29.0 Å². The zero-order valence-electron chi connectivity index (χ0n) is 11.9. The van der Waals surface area contributed by atoms with Gasteiger partial charge in [-0.2, -0.15) is 0 Å². The van der Waals surface area contributed by atoms with Gasteiger partial charge in [0.2, 0.25) is 0 Å². The Labute approximate surface area is 124 Å². The van der Waals surface area contributed by atoms with Crippen molar-refractivity contribution >= 4 is 11.3 Å². The van der Waals surface area contributed by atoms with Gasteiger partial charge < -0.3 is 5.32 Å². The molecule has 1 aliphatic rings. The smallest absolute Gasteiger partial charge is 0.0897 e. The molecule has 0 spiro atoms. The Balaban J connectivity index is 1.45. The fourth-order valence-electron chi connectivity index (χ4n) is 2.72. The van der Waals surface area contributed by atoms with Crippen molar-refractivity contribution in [3.63, 3.8) is 0 Å². The van der Waals surface area contributed by atoms with Crippen molar-refractivity contribution < 1.29 is 0 Å². The molecule has 1 aromatic carbocycles. The van der Waals surface area contributed by atoms with Crippen molar-refractivity contribution in [2.24, 2.45) is 0 Å². The lowest BCUT2D eigenvalue weighted by Crippen LogP contribution is -2.32. The molecule has 20 heavy (non-hydrogen) atoms. The monoisotopic (exact) mass is 287 g/mol. The quantitative estimate of drug-likeness (QED) is 0.916. The van der Waals surface area contributed by atoms with Crippen molar-refractivity contribution in [3.8, 4) is 0 Å². The molecular weight excluding hydrogens is 266 g/mol. The summed E-state index contributed by atoms with van der Waals surface area (Å²) in [4.78, 5) is 7.03. The number of hydrogen-bond donors (Lipinski definition) is 1. The lowest BCUT2D eigenvalue weighted by Gasteiger charge is -2.16. The Morgan fingerprint density at radius 3 is 2.95 bits per heavy atom. The van der Waals surface area contributed by atoms with Gasteiger partial charge in [0, 0.05) is 37.6 Å². The zero-order valence-corrected chi connectivity index (χ0v) is 12.7. The highest BCUT2D eigenvalue weighted by atomic mass is 32.1. The van der Waals surface area contributed by atoms with Crippen molar-refractivity contribution in [1.82, 2.24) is 15.2 Å². The number of benzene rings is 1. The molecule has 106 valence electrons. The fraction of sp³-hybridized carbons (Fsp3) is 0.438. The van der Waals surface area contributed by atoms with Crippen molar-refractivity contribution in [1.29, 1.82) is 0 Å². The van der Waals surface area contributed by atoms with Gasteiger partial charge in [-0.25, -0.2) is 4.98 Å². The molecule has 1 atom stereocenters. The summed E-state index contributed by atoms with van der Waals surface area (Å²) in [6, 6.07) is 11.3. The van der Waals surface area contributed by atoms with Crippen LogP contribution >= 0.6 is 11.3 Å². The van der Waals surface area contributed by atoms with Crippen LogP contribution in [0.2, 0.25) is 0 Å². The molecule has 1 unspecified atom stereocenters. The number of nitrogens with zero attached hydrogens (tertiary/aromatic N) is 2. The highest BCUT2D eigenvalue weighted by Gasteiger charge is 2.21. The number of rotatable bonds is 5. The molecule has 2 heterocycles. The van der Waals surface area contributed by atoms with Gasteiger partial charge in [0.1, 0.15) is 0 Å². The molecule has 1 fully saturated rings. The van der Waals surface area contributed by atoms with Crippen LogP contribution in [0.5, 0.6) is 0 Å². The van der Waals surface area contributed by atoms with Crippen LogP contribution < -0.4 is 5.32 Å². The van der Waals surface area contributed by atoms with Crippen molar-refractivity contribution in [2.45, 2.75) is 32.5 Å². The Morgan fingerprint density at radius 2 is 2.20 bits per heavy atom. The van der Waals surface area contributed by atoms with E-state index in [1.807, 2.05) is 0 Å². The molecule has 3 rings (SSSR count). The van der Waals surface area contributed by atoms with E-state index in [1.165, 1.54) is 24.2 Å². The van der Waals surface area contributed by atoms with Crippen LogP contribution in [0.3, 0.4) is 0 Å². The molecule has 0 radical (unpaired) electrons. The van der Waals surface area contributed by atoms with Crippen LogP contribution in [0.15, 0.2) is 35.7 Å². The molecule has 0 aliphatic carbocycles. The summed E-state index contributed by atoms with van der Waals surface area (Å²) in [7, 11) is 0. The first-order valence-electron chi connectivity index (χ1n) is 7.20. The van der Waals surface area contributed by atoms with E-state index < -0.39 is 0 Å². The summed E-state index contributed by atoms with van der Waals surface area (Å²) in [5, 5.41) is 6.93. The van der Waals surface area contributed by atoms with Crippen molar-refractivity contribution in [3.05, 3.63) is 52.0 Å². The minimum atomic E-state index is 0.598. The van der Waals surface area contributed by atoms with Gasteiger partial charge in [-0.1, -0.05) is 30.3 Å². The van der Waals surface area contributed by atoms with E-state index in [1.54, 1.807) is 11.3 Å². The third-order valence-corrected chi connectivity index (χ3v) is 4.58. The zero-order chi connectivity index (χ0) is 13.8. The Morgan fingerprint density at radius 1 is 1.35 bits per heavy atom. The molecule has 0 bridgehead atoms. The van der Waals surface area contributed by atoms with Gasteiger partial charge in [0.25, 0.3) is 0 Å². The number of aryl methyl sites for hydroxylation is 1. The van der Waals surface area contributed by atoms with Gasteiger partial charge in [-0.05, 0) is 18.9 Å². The SMILES string of the molecule is Cc1nc(CNC2CCN(Cc3ccccc3)C2)cs1. The van der Waals surface area contributed by atoms with Crippen LogP contribution in [0, 0.1) is 6.92 Å². The summed E-state index contributed by atoms with van der Waals surface area (Å²) >= 11 is 1.73. The van der Waals surface area contributed by atoms with Gasteiger partial charge in [0.05, 0.1) is 10.7 Å². The second-order valence-electron chi connectivity index (χ2n) is 5.45. The van der Waals surface area contributed by atoms with Gasteiger partial charge in [-0.3, -0.25) is 4.90 Å². The van der Waals surface area contributed by atoms with E-state index in [-0.39, 0.29) is 0 Å². The Bertz CT molecular complexity index is 538. The highest BCUT2D eigenvalue weighted by Crippen LogP contribution is 2.14. The summed E-state index contributed by atoms with van der Waals surface area (Å²) in [5.74, 6) is 0. The fourth-order valence-corrected chi connectivity index (χ4v) is 3.34. The lowest BCUT2D eigenvalue weighted by molar-refractivity contribution is 0.320. The van der Waals surface area contributed by atoms with E-state index in [0.717, 1.165) is 24.6 Å². The predicted molar refractivity (Wildman–Crippen MR) is 83.8 cm³/mol. The summed E-state index contributed by atoms with van der Waals surface area (Å²) < 4.78 is 0. The number of hydrogen-bond acceptors (Lipinski definition) is 4. The Kier molecular flexibility index (Phi) is 4.45. The number of nitrogens with one attached hydrogen (secondary N) is 1. The largest absolute Gasteiger partial charge is 0.307 e. The predicted octanol–water partition coefficient (Wildman–Crippen LogP) is 2.82. The lowest BCUT2D eigenvalue weighted by atomic mass is 10.2. The maximum absolute atomic E-state index is 4.50. The summed E-state index contributed by atoms with van der Waals surface area (Å²) in [5.41, 5.74) is 2.58. The highest BCUT2D eigenvalue weighted by molar-refractivity contribution is 7.09. The van der Waals surface area contributed by atoms with Crippen LogP contribution in [0.1, 0.15) is 22.7 Å². The molecule has 1 aromatic heterocycles. The summed E-state index contributed by atoms with van der Waals surface area (Å²) in [6.07, 6.45) is 1.23. The number of aromatic nitrogens is 1. The molecule has 2 aromatic rings. The van der Waals surface area contributed by atoms with E-state index in [9.17, 15) is 0 Å².